The van der Waals surface area contributed by atoms with E-state index in [0.717, 1.165) is 12.8 Å². The Morgan fingerprint density at radius 2 is 1.86 bits per heavy atom. The van der Waals surface area contributed by atoms with E-state index < -0.39 is 5.76 Å². The fourth-order valence-corrected chi connectivity index (χ4v) is 4.69. The minimum Gasteiger partial charge on any atom is -0.472 e. The zero-order valence-electron chi connectivity index (χ0n) is 15.7. The number of furan rings is 1. The molecule has 0 spiro atoms. The highest BCUT2D eigenvalue weighted by atomic mass is 16.4. The first-order valence-electron chi connectivity index (χ1n) is 9.79. The van der Waals surface area contributed by atoms with Gasteiger partial charge >= 0.3 is 5.76 Å². The van der Waals surface area contributed by atoms with Gasteiger partial charge < -0.3 is 19.1 Å². The molecule has 29 heavy (non-hydrogen) atoms. The minimum atomic E-state index is -0.523. The predicted molar refractivity (Wildman–Crippen MR) is 103 cm³/mol. The Morgan fingerprint density at radius 1 is 1.10 bits per heavy atom. The summed E-state index contributed by atoms with van der Waals surface area (Å²) in [5, 5.41) is 3.11. The lowest BCUT2D eigenvalue weighted by atomic mass is 9.91. The van der Waals surface area contributed by atoms with Gasteiger partial charge in [0.2, 0.25) is 5.91 Å². The number of oxazole rings is 1. The van der Waals surface area contributed by atoms with E-state index in [0.29, 0.717) is 29.8 Å². The van der Waals surface area contributed by atoms with Crippen LogP contribution in [0.1, 0.15) is 23.2 Å². The van der Waals surface area contributed by atoms with E-state index in [1.807, 2.05) is 11.0 Å². The topological polar surface area (TPSA) is 97.7 Å². The van der Waals surface area contributed by atoms with Crippen LogP contribution in [0.3, 0.4) is 0 Å². The highest BCUT2D eigenvalue weighted by Gasteiger charge is 2.44. The quantitative estimate of drug-likeness (QED) is 0.727. The average molecular weight is 395 g/mol. The molecule has 3 atom stereocenters. The highest BCUT2D eigenvalue weighted by molar-refractivity contribution is 5.94. The van der Waals surface area contributed by atoms with E-state index in [1.165, 1.54) is 17.1 Å². The Morgan fingerprint density at radius 3 is 2.59 bits per heavy atom. The van der Waals surface area contributed by atoms with E-state index in [4.69, 9.17) is 8.83 Å². The first-order chi connectivity index (χ1) is 14.1. The molecule has 1 saturated carbocycles. The predicted octanol–water partition coefficient (Wildman–Crippen LogP) is 1.85. The number of fused-ring (bicyclic) bond motifs is 3. The molecule has 1 unspecified atom stereocenters. The first kappa shape index (κ1) is 17.8. The van der Waals surface area contributed by atoms with E-state index in [1.54, 1.807) is 24.3 Å². The summed E-state index contributed by atoms with van der Waals surface area (Å²) in [6, 6.07) is 8.78. The van der Waals surface area contributed by atoms with Crippen LogP contribution in [0.25, 0.3) is 11.1 Å². The lowest BCUT2D eigenvalue weighted by Gasteiger charge is -2.38. The summed E-state index contributed by atoms with van der Waals surface area (Å²) in [5.41, 5.74) is 1.61. The van der Waals surface area contributed by atoms with Crippen molar-refractivity contribution >= 4 is 22.9 Å². The standard InChI is InChI=1S/C21H21N3O5/c25-18(11-24-16-3-1-2-4-17(16)29-21(24)27)23-9-13-5-6-14(10-23)19(13)22-20(26)15-7-8-28-12-15/h1-4,7-8,12-14,19H,5-6,9-11H2,(H,22,26)/t13-,14+,19?. The number of nitrogens with zero attached hydrogens (tertiary/aromatic N) is 2. The van der Waals surface area contributed by atoms with Crippen LogP contribution in [0.5, 0.6) is 0 Å². The lowest BCUT2D eigenvalue weighted by molar-refractivity contribution is -0.134. The number of piperidine rings is 1. The molecule has 1 saturated heterocycles. The van der Waals surface area contributed by atoms with Crippen molar-refractivity contribution in [2.24, 2.45) is 11.8 Å². The molecule has 1 aliphatic heterocycles. The summed E-state index contributed by atoms with van der Waals surface area (Å²) in [4.78, 5) is 39.3. The van der Waals surface area contributed by atoms with Crippen molar-refractivity contribution in [3.05, 3.63) is 59.0 Å². The van der Waals surface area contributed by atoms with Crippen molar-refractivity contribution in [3.63, 3.8) is 0 Å². The summed E-state index contributed by atoms with van der Waals surface area (Å²) in [7, 11) is 0. The van der Waals surface area contributed by atoms with Gasteiger partial charge in [-0.05, 0) is 42.9 Å². The maximum absolute atomic E-state index is 12.9. The number of hydrogen-bond acceptors (Lipinski definition) is 5. The number of nitrogens with one attached hydrogen (secondary N) is 1. The molecule has 8 nitrogen and oxygen atoms in total. The van der Waals surface area contributed by atoms with Gasteiger partial charge in [0, 0.05) is 19.1 Å². The van der Waals surface area contributed by atoms with Crippen LogP contribution in [0.2, 0.25) is 0 Å². The molecule has 2 aromatic heterocycles. The first-order valence-corrected chi connectivity index (χ1v) is 9.79. The second kappa shape index (κ2) is 6.95. The smallest absolute Gasteiger partial charge is 0.420 e. The van der Waals surface area contributed by atoms with Gasteiger partial charge in [-0.25, -0.2) is 4.79 Å². The molecule has 5 rings (SSSR count). The third-order valence-electron chi connectivity index (χ3n) is 6.13. The molecule has 150 valence electrons. The van der Waals surface area contributed by atoms with Crippen LogP contribution >= 0.6 is 0 Å². The van der Waals surface area contributed by atoms with Crippen LogP contribution in [-0.2, 0) is 11.3 Å². The summed E-state index contributed by atoms with van der Waals surface area (Å²) in [5.74, 6) is -0.338. The molecule has 2 aliphatic rings. The number of likely N-dealkylation sites (tertiary alicyclic amines) is 1. The molecule has 2 fully saturated rings. The largest absolute Gasteiger partial charge is 0.472 e. The number of hydrogen-bond donors (Lipinski definition) is 1. The van der Waals surface area contributed by atoms with Crippen molar-refractivity contribution in [2.45, 2.75) is 25.4 Å². The van der Waals surface area contributed by atoms with Gasteiger partial charge in [0.05, 0.1) is 17.3 Å². The number of carbonyl (C=O) groups is 2. The lowest BCUT2D eigenvalue weighted by Crippen LogP contribution is -2.54. The molecule has 8 heteroatoms. The number of amides is 2. The molecule has 3 heterocycles. The van der Waals surface area contributed by atoms with Gasteiger partial charge in [-0.3, -0.25) is 14.2 Å². The second-order valence-electron chi connectivity index (χ2n) is 7.83. The number of benzene rings is 1. The zero-order chi connectivity index (χ0) is 20.0. The number of aromatic nitrogens is 1. The summed E-state index contributed by atoms with van der Waals surface area (Å²) in [6.07, 6.45) is 4.86. The van der Waals surface area contributed by atoms with Gasteiger partial charge in [-0.15, -0.1) is 0 Å². The van der Waals surface area contributed by atoms with Gasteiger partial charge in [-0.2, -0.15) is 0 Å². The van der Waals surface area contributed by atoms with Gasteiger partial charge in [0.1, 0.15) is 12.8 Å². The Balaban J connectivity index is 1.28. The number of carbonyl (C=O) groups excluding carboxylic acids is 2. The molecule has 1 N–H and O–H groups in total. The Kier molecular flexibility index (Phi) is 4.26. The maximum Gasteiger partial charge on any atom is 0.420 e. The van der Waals surface area contributed by atoms with Crippen molar-refractivity contribution in [2.75, 3.05) is 13.1 Å². The van der Waals surface area contributed by atoms with Crippen LogP contribution in [0.4, 0.5) is 0 Å². The Hall–Kier alpha value is -3.29. The minimum absolute atomic E-state index is 0.0403. The number of rotatable bonds is 4. The fourth-order valence-electron chi connectivity index (χ4n) is 4.69. The SMILES string of the molecule is O=C(NC1[C@@H]2CC[C@H]1CN(C(=O)Cn1c(=O)oc3ccccc31)C2)c1ccoc1. The van der Waals surface area contributed by atoms with Crippen LogP contribution in [0, 0.1) is 11.8 Å². The van der Waals surface area contributed by atoms with Crippen molar-refractivity contribution in [1.82, 2.24) is 14.8 Å². The molecular formula is C21H21N3O5. The van der Waals surface area contributed by atoms with Crippen LogP contribution in [0.15, 0.2) is 56.5 Å². The summed E-state index contributed by atoms with van der Waals surface area (Å²) >= 11 is 0. The van der Waals surface area contributed by atoms with E-state index >= 15 is 0 Å². The van der Waals surface area contributed by atoms with Crippen LogP contribution < -0.4 is 11.1 Å². The monoisotopic (exact) mass is 395 g/mol. The van der Waals surface area contributed by atoms with E-state index in [9.17, 15) is 14.4 Å². The summed E-state index contributed by atoms with van der Waals surface area (Å²) < 4.78 is 11.6. The van der Waals surface area contributed by atoms with E-state index in [-0.39, 0.29) is 36.2 Å². The molecule has 0 radical (unpaired) electrons. The molecule has 3 aromatic rings. The van der Waals surface area contributed by atoms with E-state index in [2.05, 4.69) is 5.32 Å². The van der Waals surface area contributed by atoms with Gasteiger partial charge in [-0.1, -0.05) is 12.1 Å². The van der Waals surface area contributed by atoms with Gasteiger partial charge in [0.25, 0.3) is 5.91 Å². The Labute approximate surface area is 166 Å². The van der Waals surface area contributed by atoms with Gasteiger partial charge in [0.15, 0.2) is 5.58 Å². The highest BCUT2D eigenvalue weighted by Crippen LogP contribution is 2.37. The normalized spacial score (nSPS) is 23.4. The van der Waals surface area contributed by atoms with Crippen molar-refractivity contribution in [3.8, 4) is 0 Å². The average Bonchev–Trinajstić information content (AvgIpc) is 3.40. The Bertz CT molecular complexity index is 1100. The number of para-hydroxylation sites is 2. The molecule has 1 aliphatic carbocycles. The van der Waals surface area contributed by atoms with Crippen LogP contribution in [-0.4, -0.2) is 40.4 Å². The fraction of sp³-hybridized carbons (Fsp3) is 0.381. The van der Waals surface area contributed by atoms with Crippen molar-refractivity contribution < 1.29 is 18.4 Å². The molecular weight excluding hydrogens is 374 g/mol. The molecule has 2 bridgehead atoms. The molecule has 1 aromatic carbocycles. The third kappa shape index (κ3) is 3.14. The summed E-state index contributed by atoms with van der Waals surface area (Å²) in [6.45, 7) is 1.12. The van der Waals surface area contributed by atoms with Crippen molar-refractivity contribution in [1.29, 1.82) is 0 Å². The molecule has 2 amide bonds. The zero-order valence-corrected chi connectivity index (χ0v) is 15.7. The maximum atomic E-state index is 12.9. The third-order valence-corrected chi connectivity index (χ3v) is 6.13. The second-order valence-corrected chi connectivity index (χ2v) is 7.83.